The average Bonchev–Trinajstić information content (AvgIpc) is 2.96. The Kier molecular flexibility index (Phi) is 5.52. The summed E-state index contributed by atoms with van der Waals surface area (Å²) in [5.41, 5.74) is 7.57. The molecule has 21 heavy (non-hydrogen) atoms. The standard InChI is InChI=1S/C15H20N2O2S2/c1-12(7-8-13-5-3-2-4-6-13)17-21(18,19)15-9-14(10-16)11-20-15/h2-6,9,11-12,17H,7-8,10,16H2,1H3. The van der Waals surface area contributed by atoms with E-state index in [0.717, 1.165) is 18.4 Å². The fourth-order valence-electron chi connectivity index (χ4n) is 2.01. The van der Waals surface area contributed by atoms with Crippen LogP contribution in [0.5, 0.6) is 0 Å². The highest BCUT2D eigenvalue weighted by Gasteiger charge is 2.19. The molecular weight excluding hydrogens is 304 g/mol. The van der Waals surface area contributed by atoms with Gasteiger partial charge in [-0.1, -0.05) is 30.3 Å². The zero-order chi connectivity index (χ0) is 15.3. The third-order valence-electron chi connectivity index (χ3n) is 3.20. The van der Waals surface area contributed by atoms with Crippen LogP contribution in [0.25, 0.3) is 0 Å². The van der Waals surface area contributed by atoms with Crippen LogP contribution in [0.15, 0.2) is 46.0 Å². The van der Waals surface area contributed by atoms with E-state index >= 15 is 0 Å². The van der Waals surface area contributed by atoms with Gasteiger partial charge in [-0.25, -0.2) is 13.1 Å². The number of benzene rings is 1. The highest BCUT2D eigenvalue weighted by atomic mass is 32.2. The van der Waals surface area contributed by atoms with Crippen LogP contribution in [0.4, 0.5) is 0 Å². The van der Waals surface area contributed by atoms with Crippen LogP contribution in [0.1, 0.15) is 24.5 Å². The van der Waals surface area contributed by atoms with Crippen LogP contribution in [-0.2, 0) is 23.0 Å². The zero-order valence-corrected chi connectivity index (χ0v) is 13.6. The molecule has 0 bridgehead atoms. The summed E-state index contributed by atoms with van der Waals surface area (Å²) in [6.07, 6.45) is 1.61. The van der Waals surface area contributed by atoms with Gasteiger partial charge in [0.15, 0.2) is 0 Å². The molecule has 0 aliphatic carbocycles. The molecule has 0 saturated carbocycles. The van der Waals surface area contributed by atoms with E-state index < -0.39 is 10.0 Å². The van der Waals surface area contributed by atoms with Gasteiger partial charge in [0.2, 0.25) is 10.0 Å². The predicted molar refractivity (Wildman–Crippen MR) is 86.8 cm³/mol. The van der Waals surface area contributed by atoms with E-state index in [-0.39, 0.29) is 6.04 Å². The van der Waals surface area contributed by atoms with E-state index in [0.29, 0.717) is 10.8 Å². The molecule has 0 radical (unpaired) electrons. The Morgan fingerprint density at radius 2 is 1.95 bits per heavy atom. The van der Waals surface area contributed by atoms with Crippen molar-refractivity contribution in [1.29, 1.82) is 0 Å². The Labute approximate surface area is 130 Å². The van der Waals surface area contributed by atoms with Crippen LogP contribution >= 0.6 is 11.3 Å². The second kappa shape index (κ2) is 7.17. The van der Waals surface area contributed by atoms with Crippen molar-refractivity contribution in [3.05, 3.63) is 52.9 Å². The summed E-state index contributed by atoms with van der Waals surface area (Å²) in [5, 5.41) is 1.78. The van der Waals surface area contributed by atoms with Gasteiger partial charge in [-0.2, -0.15) is 0 Å². The highest BCUT2D eigenvalue weighted by molar-refractivity contribution is 7.91. The van der Waals surface area contributed by atoms with Crippen LogP contribution in [0.3, 0.4) is 0 Å². The minimum absolute atomic E-state index is 0.112. The molecule has 2 rings (SSSR count). The Morgan fingerprint density at radius 3 is 2.57 bits per heavy atom. The molecule has 0 aliphatic rings. The monoisotopic (exact) mass is 324 g/mol. The first-order chi connectivity index (χ1) is 10.0. The first-order valence-corrected chi connectivity index (χ1v) is 9.21. The molecule has 0 saturated heterocycles. The number of nitrogens with one attached hydrogen (secondary N) is 1. The molecule has 0 spiro atoms. The summed E-state index contributed by atoms with van der Waals surface area (Å²) >= 11 is 1.21. The molecular formula is C15H20N2O2S2. The lowest BCUT2D eigenvalue weighted by Gasteiger charge is -2.13. The summed E-state index contributed by atoms with van der Waals surface area (Å²) in [6.45, 7) is 2.24. The third-order valence-corrected chi connectivity index (χ3v) is 6.27. The number of sulfonamides is 1. The number of rotatable bonds is 7. The van der Waals surface area contributed by atoms with Gasteiger partial charge in [0.1, 0.15) is 4.21 Å². The SMILES string of the molecule is CC(CCc1ccccc1)NS(=O)(=O)c1cc(CN)cs1. The van der Waals surface area contributed by atoms with Crippen LogP contribution in [-0.4, -0.2) is 14.5 Å². The van der Waals surface area contributed by atoms with E-state index in [4.69, 9.17) is 5.73 Å². The van der Waals surface area contributed by atoms with Gasteiger partial charge in [-0.05, 0) is 42.3 Å². The fourth-order valence-corrected chi connectivity index (χ4v) is 4.53. The number of hydrogen-bond acceptors (Lipinski definition) is 4. The van der Waals surface area contributed by atoms with Crippen LogP contribution < -0.4 is 10.5 Å². The van der Waals surface area contributed by atoms with Gasteiger partial charge in [0.25, 0.3) is 0 Å². The van der Waals surface area contributed by atoms with Gasteiger partial charge >= 0.3 is 0 Å². The molecule has 0 fully saturated rings. The van der Waals surface area contributed by atoms with Crippen molar-refractivity contribution >= 4 is 21.4 Å². The molecule has 0 aliphatic heterocycles. The molecule has 6 heteroatoms. The van der Waals surface area contributed by atoms with Gasteiger partial charge in [0.05, 0.1) is 0 Å². The van der Waals surface area contributed by atoms with E-state index in [1.807, 2.05) is 37.3 Å². The smallest absolute Gasteiger partial charge is 0.250 e. The van der Waals surface area contributed by atoms with E-state index in [1.165, 1.54) is 16.9 Å². The van der Waals surface area contributed by atoms with Crippen molar-refractivity contribution < 1.29 is 8.42 Å². The molecule has 1 aromatic heterocycles. The van der Waals surface area contributed by atoms with Gasteiger partial charge in [-0.15, -0.1) is 11.3 Å². The van der Waals surface area contributed by atoms with Crippen molar-refractivity contribution in [3.63, 3.8) is 0 Å². The second-order valence-electron chi connectivity index (χ2n) is 5.02. The van der Waals surface area contributed by atoms with Crippen molar-refractivity contribution in [2.45, 2.75) is 36.6 Å². The second-order valence-corrected chi connectivity index (χ2v) is 7.88. The third kappa shape index (κ3) is 4.64. The van der Waals surface area contributed by atoms with E-state index in [1.54, 1.807) is 11.4 Å². The maximum absolute atomic E-state index is 12.2. The summed E-state index contributed by atoms with van der Waals surface area (Å²) in [5.74, 6) is 0. The molecule has 1 unspecified atom stereocenters. The zero-order valence-electron chi connectivity index (χ0n) is 12.0. The minimum Gasteiger partial charge on any atom is -0.326 e. The van der Waals surface area contributed by atoms with Gasteiger partial charge in [0, 0.05) is 12.6 Å². The Balaban J connectivity index is 1.93. The molecule has 0 amide bonds. The molecule has 1 heterocycles. The lowest BCUT2D eigenvalue weighted by molar-refractivity contribution is 0.548. The Morgan fingerprint density at radius 1 is 1.24 bits per heavy atom. The summed E-state index contributed by atoms with van der Waals surface area (Å²) in [7, 11) is -3.44. The molecule has 114 valence electrons. The van der Waals surface area contributed by atoms with Crippen molar-refractivity contribution in [2.24, 2.45) is 5.73 Å². The molecule has 1 atom stereocenters. The molecule has 1 aromatic carbocycles. The quantitative estimate of drug-likeness (QED) is 0.822. The van der Waals surface area contributed by atoms with Gasteiger partial charge in [-0.3, -0.25) is 0 Å². The van der Waals surface area contributed by atoms with Gasteiger partial charge < -0.3 is 5.73 Å². The van der Waals surface area contributed by atoms with Crippen molar-refractivity contribution in [3.8, 4) is 0 Å². The lowest BCUT2D eigenvalue weighted by atomic mass is 10.1. The van der Waals surface area contributed by atoms with E-state index in [2.05, 4.69) is 4.72 Å². The Hall–Kier alpha value is -1.21. The number of aryl methyl sites for hydroxylation is 1. The number of thiophene rings is 1. The number of nitrogens with two attached hydrogens (primary N) is 1. The predicted octanol–water partition coefficient (Wildman–Crippen LogP) is 2.51. The molecule has 3 N–H and O–H groups in total. The average molecular weight is 324 g/mol. The normalized spacial score (nSPS) is 13.2. The first-order valence-electron chi connectivity index (χ1n) is 6.85. The maximum atomic E-state index is 12.2. The summed E-state index contributed by atoms with van der Waals surface area (Å²) in [6, 6.07) is 11.6. The van der Waals surface area contributed by atoms with E-state index in [9.17, 15) is 8.42 Å². The van der Waals surface area contributed by atoms with Crippen molar-refractivity contribution in [2.75, 3.05) is 0 Å². The topological polar surface area (TPSA) is 72.2 Å². The fraction of sp³-hybridized carbons (Fsp3) is 0.333. The molecule has 4 nitrogen and oxygen atoms in total. The maximum Gasteiger partial charge on any atom is 0.250 e. The van der Waals surface area contributed by atoms with Crippen LogP contribution in [0, 0.1) is 0 Å². The highest BCUT2D eigenvalue weighted by Crippen LogP contribution is 2.20. The summed E-state index contributed by atoms with van der Waals surface area (Å²) < 4.78 is 27.5. The largest absolute Gasteiger partial charge is 0.326 e. The van der Waals surface area contributed by atoms with Crippen LogP contribution in [0.2, 0.25) is 0 Å². The first kappa shape index (κ1) is 16.2. The molecule has 2 aromatic rings. The minimum atomic E-state index is -3.44. The number of hydrogen-bond donors (Lipinski definition) is 2. The Bertz CT molecular complexity index is 666. The summed E-state index contributed by atoms with van der Waals surface area (Å²) in [4.78, 5) is 0. The lowest BCUT2D eigenvalue weighted by Crippen LogP contribution is -2.32. The van der Waals surface area contributed by atoms with Crippen molar-refractivity contribution in [1.82, 2.24) is 4.72 Å².